The molecule has 41 heavy (non-hydrogen) atoms. The van der Waals surface area contributed by atoms with Gasteiger partial charge in [0.25, 0.3) is 0 Å². The fraction of sp³-hybridized carbons (Fsp3) is 0.114. The van der Waals surface area contributed by atoms with E-state index < -0.39 is 0 Å². The first-order valence-corrected chi connectivity index (χ1v) is 13.4. The quantitative estimate of drug-likeness (QED) is 0.167. The van der Waals surface area contributed by atoms with Crippen LogP contribution in [-0.4, -0.2) is 23.6 Å². The molecule has 0 radical (unpaired) electrons. The zero-order chi connectivity index (χ0) is 27.2. The van der Waals surface area contributed by atoms with Crippen molar-refractivity contribution in [2.75, 3.05) is 23.5 Å². The number of rotatable bonds is 5. The van der Waals surface area contributed by atoms with Gasteiger partial charge in [-0.05, 0) is 42.8 Å². The van der Waals surface area contributed by atoms with Crippen molar-refractivity contribution in [2.45, 2.75) is 13.8 Å². The Morgan fingerprint density at radius 1 is 0.829 bits per heavy atom. The maximum Gasteiger partial charge on any atom is 2.00 e. The number of fused-ring (bicyclic) bond motifs is 3. The smallest absolute Gasteiger partial charge is 0.501 e. The van der Waals surface area contributed by atoms with Gasteiger partial charge in [-0.25, -0.2) is 0 Å². The molecule has 0 saturated heterocycles. The van der Waals surface area contributed by atoms with Gasteiger partial charge >= 0.3 is 21.1 Å². The predicted octanol–water partition coefficient (Wildman–Crippen LogP) is 8.51. The van der Waals surface area contributed by atoms with Crippen LogP contribution in [-0.2, 0) is 21.1 Å². The second-order valence-corrected chi connectivity index (χ2v) is 10.2. The van der Waals surface area contributed by atoms with Crippen molar-refractivity contribution in [3.63, 3.8) is 0 Å². The predicted molar refractivity (Wildman–Crippen MR) is 163 cm³/mol. The van der Waals surface area contributed by atoms with Crippen LogP contribution < -0.4 is 9.80 Å². The summed E-state index contributed by atoms with van der Waals surface area (Å²) in [5, 5.41) is 2.15. The topological polar surface area (TPSA) is 35.8 Å². The number of para-hydroxylation sites is 2. The van der Waals surface area contributed by atoms with E-state index in [1.807, 2.05) is 30.3 Å². The van der Waals surface area contributed by atoms with E-state index in [1.165, 1.54) is 0 Å². The van der Waals surface area contributed by atoms with Gasteiger partial charge in [0, 0.05) is 24.8 Å². The molecule has 0 saturated carbocycles. The number of benzene rings is 4. The average molecular weight is 716 g/mol. The summed E-state index contributed by atoms with van der Waals surface area (Å²) < 4.78 is 6.32. The number of hydrogen-bond donors (Lipinski definition) is 0. The SMILES string of the molecule is Cc1cccc(C)c1N(c1[c-]c(N2C=CN(C)C2)ccc1)c1cccc(-c2[c-]ccc3c2oc2ccccc23)n1.[Pt+2]. The first-order valence-electron chi connectivity index (χ1n) is 13.4. The minimum atomic E-state index is 0. The standard InChI is InChI=1S/C35H28N4O.Pt/c1-24-10-6-11-25(2)34(24)39(27-13-7-12-26(22-27)38-21-20-37(3)23-38)33-19-9-17-31(36-33)30-16-8-15-29-28-14-4-5-18-32(28)40-35(29)30;/h4-15,17-21H,23H2,1-3H3;/q-2;+2. The van der Waals surface area contributed by atoms with Gasteiger partial charge in [0.2, 0.25) is 0 Å². The third-order valence-electron chi connectivity index (χ3n) is 7.41. The molecular weight excluding hydrogens is 687 g/mol. The van der Waals surface area contributed by atoms with Crippen LogP contribution in [0.3, 0.4) is 0 Å². The van der Waals surface area contributed by atoms with Crippen LogP contribution in [0.15, 0.2) is 108 Å². The van der Waals surface area contributed by atoms with Crippen LogP contribution in [0.5, 0.6) is 0 Å². The molecule has 6 aromatic rings. The molecule has 0 atom stereocenters. The summed E-state index contributed by atoms with van der Waals surface area (Å²) in [7, 11) is 2.07. The number of pyridine rings is 1. The van der Waals surface area contributed by atoms with Crippen molar-refractivity contribution in [1.29, 1.82) is 0 Å². The van der Waals surface area contributed by atoms with Gasteiger partial charge in [-0.2, -0.15) is 6.07 Å². The molecule has 2 aromatic heterocycles. The molecular formula is C35H28N4OPt. The maximum absolute atomic E-state index is 6.32. The van der Waals surface area contributed by atoms with E-state index in [4.69, 9.17) is 9.40 Å². The van der Waals surface area contributed by atoms with Crippen LogP contribution in [0.2, 0.25) is 0 Å². The number of nitrogens with zero attached hydrogens (tertiary/aromatic N) is 4. The Bertz CT molecular complexity index is 1890. The van der Waals surface area contributed by atoms with Crippen molar-refractivity contribution in [3.8, 4) is 11.3 Å². The Morgan fingerprint density at radius 2 is 1.61 bits per heavy atom. The van der Waals surface area contributed by atoms with Gasteiger partial charge in [0.1, 0.15) is 11.4 Å². The van der Waals surface area contributed by atoms with E-state index in [2.05, 4.69) is 121 Å². The molecule has 204 valence electrons. The third-order valence-corrected chi connectivity index (χ3v) is 7.41. The molecule has 4 aromatic carbocycles. The number of aromatic nitrogens is 1. The molecule has 1 aliphatic heterocycles. The normalized spacial score (nSPS) is 12.8. The van der Waals surface area contributed by atoms with Gasteiger partial charge in [0.15, 0.2) is 0 Å². The summed E-state index contributed by atoms with van der Waals surface area (Å²) in [5.41, 5.74) is 8.67. The van der Waals surface area contributed by atoms with E-state index in [9.17, 15) is 0 Å². The van der Waals surface area contributed by atoms with Gasteiger partial charge in [-0.15, -0.1) is 36.4 Å². The van der Waals surface area contributed by atoms with Crippen LogP contribution in [0, 0.1) is 26.0 Å². The molecule has 6 heteroatoms. The van der Waals surface area contributed by atoms with Crippen molar-refractivity contribution >= 4 is 44.8 Å². The fourth-order valence-corrected chi connectivity index (χ4v) is 5.51. The molecule has 7 rings (SSSR count). The fourth-order valence-electron chi connectivity index (χ4n) is 5.51. The number of anilines is 4. The van der Waals surface area contributed by atoms with Gasteiger partial charge in [-0.1, -0.05) is 70.9 Å². The molecule has 0 spiro atoms. The summed E-state index contributed by atoms with van der Waals surface area (Å²) >= 11 is 0. The van der Waals surface area contributed by atoms with Gasteiger partial charge < -0.3 is 19.1 Å². The number of hydrogen-bond acceptors (Lipinski definition) is 5. The molecule has 0 aliphatic carbocycles. The summed E-state index contributed by atoms with van der Waals surface area (Å²) in [6.45, 7) is 5.07. The first-order chi connectivity index (χ1) is 19.6. The van der Waals surface area contributed by atoms with E-state index >= 15 is 0 Å². The zero-order valence-electron chi connectivity index (χ0n) is 23.0. The monoisotopic (exact) mass is 715 g/mol. The largest absolute Gasteiger partial charge is 2.00 e. The van der Waals surface area contributed by atoms with Crippen LogP contribution in [0.1, 0.15) is 11.1 Å². The molecule has 0 fully saturated rings. The molecule has 1 aliphatic rings. The Balaban J connectivity index is 0.00000302. The van der Waals surface area contributed by atoms with Crippen molar-refractivity contribution < 1.29 is 25.5 Å². The summed E-state index contributed by atoms with van der Waals surface area (Å²) in [6.07, 6.45) is 4.16. The second kappa shape index (κ2) is 10.9. The molecule has 0 bridgehead atoms. The molecule has 0 N–H and O–H groups in total. The molecule has 3 heterocycles. The van der Waals surface area contributed by atoms with E-state index in [-0.39, 0.29) is 21.1 Å². The first kappa shape index (κ1) is 26.9. The molecule has 5 nitrogen and oxygen atoms in total. The van der Waals surface area contributed by atoms with E-state index in [0.29, 0.717) is 0 Å². The number of furan rings is 1. The number of aryl methyl sites for hydroxylation is 2. The summed E-state index contributed by atoms with van der Waals surface area (Å²) in [6, 6.07) is 38.0. The van der Waals surface area contributed by atoms with Gasteiger partial charge in [0.05, 0.1) is 17.9 Å². The Labute approximate surface area is 254 Å². The third kappa shape index (κ3) is 4.81. The van der Waals surface area contributed by atoms with Crippen LogP contribution in [0.25, 0.3) is 33.2 Å². The van der Waals surface area contributed by atoms with Crippen molar-refractivity contribution in [3.05, 3.63) is 127 Å². The van der Waals surface area contributed by atoms with E-state index in [1.54, 1.807) is 0 Å². The average Bonchev–Trinajstić information content (AvgIpc) is 3.59. The van der Waals surface area contributed by atoms with Crippen molar-refractivity contribution in [1.82, 2.24) is 9.88 Å². The van der Waals surface area contributed by atoms with Crippen molar-refractivity contribution in [2.24, 2.45) is 0 Å². The Hall–Kier alpha value is -4.34. The van der Waals surface area contributed by atoms with E-state index in [0.717, 1.165) is 73.9 Å². The molecule has 0 amide bonds. The van der Waals surface area contributed by atoms with Gasteiger partial charge in [-0.3, -0.25) is 4.98 Å². The second-order valence-electron chi connectivity index (χ2n) is 10.2. The zero-order valence-corrected chi connectivity index (χ0v) is 25.3. The Morgan fingerprint density at radius 3 is 2.41 bits per heavy atom. The Kier molecular flexibility index (Phi) is 7.15. The minimum Gasteiger partial charge on any atom is -0.501 e. The maximum atomic E-state index is 6.32. The summed E-state index contributed by atoms with van der Waals surface area (Å²) in [5.74, 6) is 0.805. The summed E-state index contributed by atoms with van der Waals surface area (Å²) in [4.78, 5) is 11.8. The van der Waals surface area contributed by atoms with Crippen LogP contribution >= 0.6 is 0 Å². The minimum absolute atomic E-state index is 0. The van der Waals surface area contributed by atoms with Crippen LogP contribution in [0.4, 0.5) is 22.9 Å². The molecule has 0 unspecified atom stereocenters.